The van der Waals surface area contributed by atoms with Crippen LogP contribution in [0.3, 0.4) is 0 Å². The lowest BCUT2D eigenvalue weighted by Crippen LogP contribution is -2.36. The number of ether oxygens (including phenoxy) is 2. The predicted octanol–water partition coefficient (Wildman–Crippen LogP) is -0.797. The van der Waals surface area contributed by atoms with Crippen molar-refractivity contribution in [2.45, 2.75) is 11.3 Å². The lowest BCUT2D eigenvalue weighted by Gasteiger charge is -2.20. The van der Waals surface area contributed by atoms with Gasteiger partial charge in [-0.2, -0.15) is 9.40 Å². The van der Waals surface area contributed by atoms with E-state index in [1.54, 1.807) is 7.05 Å². The first kappa shape index (κ1) is 17.4. The third kappa shape index (κ3) is 4.41. The summed E-state index contributed by atoms with van der Waals surface area (Å²) in [5, 5.41) is 3.82. The fraction of sp³-hybridized carbons (Fsp3) is 0.636. The van der Waals surface area contributed by atoms with Gasteiger partial charge in [0.05, 0.1) is 20.1 Å². The van der Waals surface area contributed by atoms with Crippen molar-refractivity contribution in [1.82, 2.24) is 14.1 Å². The van der Waals surface area contributed by atoms with Crippen molar-refractivity contribution < 1.29 is 22.7 Å². The second-order valence-electron chi connectivity index (χ2n) is 4.28. The number of esters is 1. The standard InChI is InChI=1S/C11H20N4O5S/c1-14-8-9(11(12)13-14)21(17,18)15(6-7-19-2)5-4-10(16)20-3/h8H,4-7H2,1-3H3,(H2,12,13). The van der Waals surface area contributed by atoms with Gasteiger partial charge in [-0.3, -0.25) is 9.48 Å². The molecule has 1 aromatic heterocycles. The van der Waals surface area contributed by atoms with Crippen molar-refractivity contribution >= 4 is 21.8 Å². The summed E-state index contributed by atoms with van der Waals surface area (Å²) in [4.78, 5) is 11.1. The molecule has 0 saturated heterocycles. The van der Waals surface area contributed by atoms with E-state index in [1.165, 1.54) is 25.1 Å². The molecule has 120 valence electrons. The summed E-state index contributed by atoms with van der Waals surface area (Å²) >= 11 is 0. The average molecular weight is 320 g/mol. The normalized spacial score (nSPS) is 11.8. The highest BCUT2D eigenvalue weighted by Gasteiger charge is 2.28. The number of nitrogens with two attached hydrogens (primary N) is 1. The Hall–Kier alpha value is -1.65. The summed E-state index contributed by atoms with van der Waals surface area (Å²) in [5.41, 5.74) is 5.62. The molecule has 0 unspecified atom stereocenters. The van der Waals surface area contributed by atoms with Gasteiger partial charge in [-0.15, -0.1) is 0 Å². The van der Waals surface area contributed by atoms with Crippen molar-refractivity contribution in [2.24, 2.45) is 7.05 Å². The predicted molar refractivity (Wildman–Crippen MR) is 74.9 cm³/mol. The molecule has 0 saturated carbocycles. The third-order valence-corrected chi connectivity index (χ3v) is 4.69. The van der Waals surface area contributed by atoms with Crippen LogP contribution in [0.2, 0.25) is 0 Å². The number of anilines is 1. The summed E-state index contributed by atoms with van der Waals surface area (Å²) in [7, 11) is 0.430. The molecular formula is C11H20N4O5S. The van der Waals surface area contributed by atoms with Crippen LogP contribution in [0.15, 0.2) is 11.1 Å². The molecule has 0 spiro atoms. The molecule has 0 fully saturated rings. The van der Waals surface area contributed by atoms with Crippen LogP contribution in [-0.4, -0.2) is 62.4 Å². The highest BCUT2D eigenvalue weighted by molar-refractivity contribution is 7.89. The fourth-order valence-corrected chi connectivity index (χ4v) is 3.20. The van der Waals surface area contributed by atoms with Gasteiger partial charge in [-0.1, -0.05) is 0 Å². The van der Waals surface area contributed by atoms with Crippen molar-refractivity contribution in [3.05, 3.63) is 6.20 Å². The number of nitrogens with zero attached hydrogens (tertiary/aromatic N) is 3. The van der Waals surface area contributed by atoms with Gasteiger partial charge in [0.2, 0.25) is 10.0 Å². The molecule has 0 aliphatic rings. The van der Waals surface area contributed by atoms with Crippen molar-refractivity contribution in [1.29, 1.82) is 0 Å². The van der Waals surface area contributed by atoms with Gasteiger partial charge in [0.25, 0.3) is 0 Å². The number of aromatic nitrogens is 2. The minimum absolute atomic E-state index is 0.0211. The first-order valence-electron chi connectivity index (χ1n) is 6.18. The summed E-state index contributed by atoms with van der Waals surface area (Å²) in [6, 6.07) is 0. The van der Waals surface area contributed by atoms with Crippen LogP contribution in [0.25, 0.3) is 0 Å². The Balaban J connectivity index is 2.99. The van der Waals surface area contributed by atoms with Crippen LogP contribution >= 0.6 is 0 Å². The number of aryl methyl sites for hydroxylation is 1. The molecule has 0 bridgehead atoms. The van der Waals surface area contributed by atoms with E-state index in [4.69, 9.17) is 10.5 Å². The average Bonchev–Trinajstić information content (AvgIpc) is 2.77. The van der Waals surface area contributed by atoms with Gasteiger partial charge in [0.15, 0.2) is 5.82 Å². The Bertz CT molecular complexity index is 583. The molecule has 9 nitrogen and oxygen atoms in total. The van der Waals surface area contributed by atoms with Gasteiger partial charge in [-0.05, 0) is 0 Å². The van der Waals surface area contributed by atoms with Crippen LogP contribution in [0.5, 0.6) is 0 Å². The van der Waals surface area contributed by atoms with E-state index >= 15 is 0 Å². The number of carbonyl (C=O) groups excluding carboxylic acids is 1. The van der Waals surface area contributed by atoms with Gasteiger partial charge < -0.3 is 15.2 Å². The van der Waals surface area contributed by atoms with Crippen LogP contribution in [0, 0.1) is 0 Å². The van der Waals surface area contributed by atoms with Crippen LogP contribution in [-0.2, 0) is 31.3 Å². The summed E-state index contributed by atoms with van der Waals surface area (Å²) in [6.45, 7) is 0.275. The zero-order chi connectivity index (χ0) is 16.0. The monoisotopic (exact) mass is 320 g/mol. The maximum Gasteiger partial charge on any atom is 0.306 e. The van der Waals surface area contributed by atoms with E-state index in [2.05, 4.69) is 9.84 Å². The van der Waals surface area contributed by atoms with Crippen LogP contribution in [0.4, 0.5) is 5.82 Å². The van der Waals surface area contributed by atoms with Gasteiger partial charge in [0, 0.05) is 33.4 Å². The molecule has 0 amide bonds. The van der Waals surface area contributed by atoms with Crippen LogP contribution < -0.4 is 5.73 Å². The van der Waals surface area contributed by atoms with Gasteiger partial charge >= 0.3 is 5.97 Å². The molecule has 1 aromatic rings. The summed E-state index contributed by atoms with van der Waals surface area (Å²) in [6.07, 6.45) is 1.27. The number of methoxy groups -OCH3 is 2. The minimum Gasteiger partial charge on any atom is -0.469 e. The number of nitrogen functional groups attached to an aromatic ring is 1. The topological polar surface area (TPSA) is 117 Å². The van der Waals surface area contributed by atoms with E-state index < -0.39 is 16.0 Å². The van der Waals surface area contributed by atoms with E-state index in [0.29, 0.717) is 0 Å². The second-order valence-corrected chi connectivity index (χ2v) is 6.18. The molecule has 0 aliphatic heterocycles. The summed E-state index contributed by atoms with van der Waals surface area (Å²) < 4.78 is 37.0. The molecule has 1 rings (SSSR count). The molecule has 0 aromatic carbocycles. The molecular weight excluding hydrogens is 300 g/mol. The van der Waals surface area contributed by atoms with Crippen LogP contribution in [0.1, 0.15) is 6.42 Å². The van der Waals surface area contributed by atoms with E-state index in [-0.39, 0.29) is 36.8 Å². The molecule has 2 N–H and O–H groups in total. The number of sulfonamides is 1. The van der Waals surface area contributed by atoms with E-state index in [1.807, 2.05) is 0 Å². The zero-order valence-electron chi connectivity index (χ0n) is 12.3. The fourth-order valence-electron chi connectivity index (χ4n) is 1.69. The highest BCUT2D eigenvalue weighted by Crippen LogP contribution is 2.21. The second kappa shape index (κ2) is 7.38. The maximum absolute atomic E-state index is 12.6. The SMILES string of the molecule is COCCN(CCC(=O)OC)S(=O)(=O)c1cn(C)nc1N. The number of rotatable bonds is 8. The minimum atomic E-state index is -3.85. The van der Waals surface area contributed by atoms with Gasteiger partial charge in [0.1, 0.15) is 4.90 Å². The smallest absolute Gasteiger partial charge is 0.306 e. The van der Waals surface area contributed by atoms with Crippen molar-refractivity contribution in [2.75, 3.05) is 39.6 Å². The Kier molecular flexibility index (Phi) is 6.12. The maximum atomic E-state index is 12.6. The molecule has 0 aliphatic carbocycles. The first-order chi connectivity index (χ1) is 9.82. The Morgan fingerprint density at radius 2 is 2.10 bits per heavy atom. The Labute approximate surface area is 123 Å². The Morgan fingerprint density at radius 3 is 2.57 bits per heavy atom. The molecule has 21 heavy (non-hydrogen) atoms. The van der Waals surface area contributed by atoms with E-state index in [0.717, 1.165) is 4.31 Å². The highest BCUT2D eigenvalue weighted by atomic mass is 32.2. The third-order valence-electron chi connectivity index (χ3n) is 2.78. The number of carbonyl (C=O) groups is 1. The Morgan fingerprint density at radius 1 is 1.43 bits per heavy atom. The molecule has 1 heterocycles. The molecule has 10 heteroatoms. The van der Waals surface area contributed by atoms with Crippen molar-refractivity contribution in [3.8, 4) is 0 Å². The molecule has 0 radical (unpaired) electrons. The number of hydrogen-bond acceptors (Lipinski definition) is 7. The van der Waals surface area contributed by atoms with E-state index in [9.17, 15) is 13.2 Å². The quantitative estimate of drug-likeness (QED) is 0.623. The molecule has 0 atom stereocenters. The lowest BCUT2D eigenvalue weighted by atomic mass is 10.4. The van der Waals surface area contributed by atoms with Crippen molar-refractivity contribution in [3.63, 3.8) is 0 Å². The first-order valence-corrected chi connectivity index (χ1v) is 7.62. The largest absolute Gasteiger partial charge is 0.469 e. The summed E-state index contributed by atoms with van der Waals surface area (Å²) in [5.74, 6) is -0.579. The lowest BCUT2D eigenvalue weighted by molar-refractivity contribution is -0.140. The van der Waals surface area contributed by atoms with Gasteiger partial charge in [-0.25, -0.2) is 8.42 Å². The number of hydrogen-bond donors (Lipinski definition) is 1. The zero-order valence-corrected chi connectivity index (χ0v) is 13.1.